The molecule has 0 radical (unpaired) electrons. The van der Waals surface area contributed by atoms with E-state index in [9.17, 15) is 14.4 Å². The van der Waals surface area contributed by atoms with Crippen molar-refractivity contribution in [3.63, 3.8) is 0 Å². The number of imide groups is 1. The molecule has 1 aromatic carbocycles. The third kappa shape index (κ3) is 3.04. The molecule has 1 aliphatic rings. The van der Waals surface area contributed by atoms with Crippen molar-refractivity contribution < 1.29 is 14.4 Å². The molecule has 0 saturated carbocycles. The maximum atomic E-state index is 12.0. The Labute approximate surface area is 113 Å². The van der Waals surface area contributed by atoms with E-state index < -0.39 is 0 Å². The zero-order chi connectivity index (χ0) is 13.1. The summed E-state index contributed by atoms with van der Waals surface area (Å²) in [6, 6.07) is 7.02. The molecule has 1 unspecified atom stereocenters. The molecule has 0 bridgehead atoms. The van der Waals surface area contributed by atoms with Crippen LogP contribution in [-0.2, 0) is 9.59 Å². The minimum absolute atomic E-state index is 0.0722. The van der Waals surface area contributed by atoms with E-state index >= 15 is 0 Å². The molecule has 94 valence electrons. The quantitative estimate of drug-likeness (QED) is 0.687. The van der Waals surface area contributed by atoms with Crippen LogP contribution in [0.15, 0.2) is 28.7 Å². The predicted octanol–water partition coefficient (Wildman–Crippen LogP) is 2.07. The maximum Gasteiger partial charge on any atom is 0.230 e. The summed E-state index contributed by atoms with van der Waals surface area (Å²) in [5.74, 6) is -1.06. The highest BCUT2D eigenvalue weighted by Crippen LogP contribution is 2.19. The van der Waals surface area contributed by atoms with Crippen LogP contribution in [0.2, 0.25) is 0 Å². The number of rotatable bonds is 3. The van der Waals surface area contributed by atoms with Gasteiger partial charge >= 0.3 is 0 Å². The molecule has 1 aliphatic heterocycles. The molecule has 0 aromatic heterocycles. The van der Waals surface area contributed by atoms with Gasteiger partial charge in [-0.1, -0.05) is 28.1 Å². The fourth-order valence-corrected chi connectivity index (χ4v) is 2.17. The average Bonchev–Trinajstić information content (AvgIpc) is 2.33. The van der Waals surface area contributed by atoms with Gasteiger partial charge in [0.05, 0.1) is 0 Å². The Hall–Kier alpha value is -1.49. The van der Waals surface area contributed by atoms with E-state index in [1.807, 2.05) is 0 Å². The van der Waals surface area contributed by atoms with Crippen molar-refractivity contribution in [2.24, 2.45) is 5.92 Å². The van der Waals surface area contributed by atoms with Gasteiger partial charge in [0, 0.05) is 28.8 Å². The lowest BCUT2D eigenvalue weighted by molar-refractivity contribution is -0.136. The third-order valence-corrected chi connectivity index (χ3v) is 3.48. The largest absolute Gasteiger partial charge is 0.296 e. The summed E-state index contributed by atoms with van der Waals surface area (Å²) >= 11 is 3.30. The van der Waals surface area contributed by atoms with Gasteiger partial charge in [0.25, 0.3) is 0 Å². The van der Waals surface area contributed by atoms with Crippen LogP contribution in [0, 0.1) is 5.92 Å². The van der Waals surface area contributed by atoms with Crippen LogP contribution < -0.4 is 5.32 Å². The highest BCUT2D eigenvalue weighted by atomic mass is 79.9. The number of amides is 2. The molecule has 1 saturated heterocycles. The van der Waals surface area contributed by atoms with Crippen LogP contribution >= 0.6 is 15.9 Å². The summed E-state index contributed by atoms with van der Waals surface area (Å²) in [5, 5.41) is 2.26. The SMILES string of the molecule is O=C1CCC(CC(=O)c2ccc(Br)cc2)C(=O)N1. The molecule has 1 aromatic rings. The lowest BCUT2D eigenvalue weighted by Crippen LogP contribution is -2.41. The molecule has 1 N–H and O–H groups in total. The van der Waals surface area contributed by atoms with E-state index in [4.69, 9.17) is 0 Å². The second kappa shape index (κ2) is 5.44. The molecule has 18 heavy (non-hydrogen) atoms. The van der Waals surface area contributed by atoms with Gasteiger partial charge in [-0.25, -0.2) is 0 Å². The van der Waals surface area contributed by atoms with E-state index in [1.54, 1.807) is 24.3 Å². The Morgan fingerprint density at radius 3 is 2.56 bits per heavy atom. The van der Waals surface area contributed by atoms with Crippen LogP contribution in [-0.4, -0.2) is 17.6 Å². The molecule has 5 heteroatoms. The van der Waals surface area contributed by atoms with Crippen molar-refractivity contribution in [1.82, 2.24) is 5.32 Å². The highest BCUT2D eigenvalue weighted by molar-refractivity contribution is 9.10. The summed E-state index contributed by atoms with van der Waals surface area (Å²) < 4.78 is 0.903. The second-order valence-electron chi connectivity index (χ2n) is 4.28. The summed E-state index contributed by atoms with van der Waals surface area (Å²) in [4.78, 5) is 34.5. The molecular formula is C13H12BrNO3. The Bertz CT molecular complexity index is 495. The molecule has 0 aliphatic carbocycles. The standard InChI is InChI=1S/C13H12BrNO3/c14-10-4-1-8(2-5-10)11(16)7-9-3-6-12(17)15-13(9)18/h1-2,4-5,9H,3,6-7H2,(H,15,17,18). The predicted molar refractivity (Wildman–Crippen MR) is 69.0 cm³/mol. The lowest BCUT2D eigenvalue weighted by atomic mass is 9.91. The summed E-state index contributed by atoms with van der Waals surface area (Å²) in [5.41, 5.74) is 0.586. The molecular weight excluding hydrogens is 298 g/mol. The first-order chi connectivity index (χ1) is 8.56. The first-order valence-corrected chi connectivity index (χ1v) is 6.48. The molecule has 4 nitrogen and oxygen atoms in total. The lowest BCUT2D eigenvalue weighted by Gasteiger charge is -2.19. The number of hydrogen-bond donors (Lipinski definition) is 1. The summed E-state index contributed by atoms with van der Waals surface area (Å²) in [6.07, 6.45) is 0.914. The van der Waals surface area contributed by atoms with Gasteiger partial charge in [-0.05, 0) is 18.6 Å². The van der Waals surface area contributed by atoms with Gasteiger partial charge in [-0.3, -0.25) is 19.7 Å². The minimum Gasteiger partial charge on any atom is -0.296 e. The van der Waals surface area contributed by atoms with Gasteiger partial charge < -0.3 is 0 Å². The van der Waals surface area contributed by atoms with Gasteiger partial charge in [-0.15, -0.1) is 0 Å². The minimum atomic E-state index is -0.390. The number of halogens is 1. The van der Waals surface area contributed by atoms with Crippen molar-refractivity contribution in [3.8, 4) is 0 Å². The van der Waals surface area contributed by atoms with Crippen LogP contribution in [0.3, 0.4) is 0 Å². The molecule has 1 heterocycles. The maximum absolute atomic E-state index is 12.0. The number of carbonyl (C=O) groups is 3. The zero-order valence-electron chi connectivity index (χ0n) is 9.61. The van der Waals surface area contributed by atoms with Gasteiger partial charge in [0.2, 0.25) is 11.8 Å². The number of ketones is 1. The van der Waals surface area contributed by atoms with E-state index in [0.717, 1.165) is 4.47 Å². The Morgan fingerprint density at radius 1 is 1.28 bits per heavy atom. The van der Waals surface area contributed by atoms with Crippen molar-refractivity contribution in [1.29, 1.82) is 0 Å². The zero-order valence-corrected chi connectivity index (χ0v) is 11.2. The van der Waals surface area contributed by atoms with Crippen molar-refractivity contribution >= 4 is 33.5 Å². The first-order valence-electron chi connectivity index (χ1n) is 5.69. The van der Waals surface area contributed by atoms with Crippen LogP contribution in [0.4, 0.5) is 0 Å². The van der Waals surface area contributed by atoms with Gasteiger partial charge in [-0.2, -0.15) is 0 Å². The topological polar surface area (TPSA) is 63.2 Å². The molecule has 2 amide bonds. The average molecular weight is 310 g/mol. The molecule has 2 rings (SSSR count). The third-order valence-electron chi connectivity index (χ3n) is 2.95. The fourth-order valence-electron chi connectivity index (χ4n) is 1.91. The van der Waals surface area contributed by atoms with Crippen LogP contribution in [0.1, 0.15) is 29.6 Å². The van der Waals surface area contributed by atoms with Crippen molar-refractivity contribution in [3.05, 3.63) is 34.3 Å². The van der Waals surface area contributed by atoms with E-state index in [2.05, 4.69) is 21.2 Å². The van der Waals surface area contributed by atoms with Gasteiger partial charge in [0.1, 0.15) is 0 Å². The van der Waals surface area contributed by atoms with Gasteiger partial charge in [0.15, 0.2) is 5.78 Å². The number of carbonyl (C=O) groups excluding carboxylic acids is 3. The summed E-state index contributed by atoms with van der Waals surface area (Å²) in [6.45, 7) is 0. The van der Waals surface area contributed by atoms with Crippen LogP contribution in [0.25, 0.3) is 0 Å². The second-order valence-corrected chi connectivity index (χ2v) is 5.20. The molecule has 0 spiro atoms. The van der Waals surface area contributed by atoms with Crippen molar-refractivity contribution in [2.75, 3.05) is 0 Å². The molecule has 1 fully saturated rings. The number of benzene rings is 1. The Kier molecular flexibility index (Phi) is 3.91. The Morgan fingerprint density at radius 2 is 1.94 bits per heavy atom. The fraction of sp³-hybridized carbons (Fsp3) is 0.308. The summed E-state index contributed by atoms with van der Waals surface area (Å²) in [7, 11) is 0. The monoisotopic (exact) mass is 309 g/mol. The number of piperidine rings is 1. The number of Topliss-reactive ketones (excluding diaryl/α,β-unsaturated/α-hetero) is 1. The number of hydrogen-bond acceptors (Lipinski definition) is 3. The van der Waals surface area contributed by atoms with Crippen LogP contribution in [0.5, 0.6) is 0 Å². The first kappa shape index (κ1) is 13.0. The van der Waals surface area contributed by atoms with E-state index in [0.29, 0.717) is 18.4 Å². The van der Waals surface area contributed by atoms with Crippen molar-refractivity contribution in [2.45, 2.75) is 19.3 Å². The highest BCUT2D eigenvalue weighted by Gasteiger charge is 2.28. The normalized spacial score (nSPS) is 19.5. The smallest absolute Gasteiger partial charge is 0.230 e. The van der Waals surface area contributed by atoms with E-state index in [1.165, 1.54) is 0 Å². The number of nitrogens with one attached hydrogen (secondary N) is 1. The Balaban J connectivity index is 2.01. The van der Waals surface area contributed by atoms with E-state index in [-0.39, 0.29) is 29.9 Å². The molecule has 1 atom stereocenters.